The fraction of sp³-hybridized carbons (Fsp3) is 0.417. The zero-order valence-corrected chi connectivity index (χ0v) is 17.6. The van der Waals surface area contributed by atoms with Gasteiger partial charge in [0.05, 0.1) is 17.4 Å². The van der Waals surface area contributed by atoms with Crippen LogP contribution in [-0.4, -0.2) is 42.4 Å². The molecule has 2 aromatic carbocycles. The van der Waals surface area contributed by atoms with Gasteiger partial charge in [0.15, 0.2) is 0 Å². The molecule has 4 rings (SSSR count). The number of likely N-dealkylation sites (tertiary alicyclic amines) is 1. The number of nitrogens with zero attached hydrogens (tertiary/aromatic N) is 2. The van der Waals surface area contributed by atoms with E-state index in [2.05, 4.69) is 39.8 Å². The summed E-state index contributed by atoms with van der Waals surface area (Å²) in [5.74, 6) is -0.257. The molecule has 0 spiro atoms. The lowest BCUT2D eigenvalue weighted by molar-refractivity contribution is -0.123. The molecule has 0 unspecified atom stereocenters. The predicted octanol–water partition coefficient (Wildman–Crippen LogP) is 3.14. The van der Waals surface area contributed by atoms with Crippen LogP contribution >= 0.6 is 0 Å². The Balaban J connectivity index is 1.41. The van der Waals surface area contributed by atoms with Gasteiger partial charge in [0.25, 0.3) is 0 Å². The number of carbonyl (C=O) groups excluding carboxylic acids is 2. The number of amides is 2. The monoisotopic (exact) mass is 406 g/mol. The Morgan fingerprint density at radius 3 is 2.53 bits per heavy atom. The first-order valence-corrected chi connectivity index (χ1v) is 10.8. The van der Waals surface area contributed by atoms with Crippen LogP contribution in [0.1, 0.15) is 37.3 Å². The largest absolute Gasteiger partial charge is 0.323 e. The third kappa shape index (κ3) is 4.71. The number of carbonyl (C=O) groups is 2. The Morgan fingerprint density at radius 1 is 1.03 bits per heavy atom. The number of nitrogens with one attached hydrogen (secondary N) is 2. The van der Waals surface area contributed by atoms with E-state index in [9.17, 15) is 9.59 Å². The highest BCUT2D eigenvalue weighted by Crippen LogP contribution is 2.29. The predicted molar refractivity (Wildman–Crippen MR) is 119 cm³/mol. The number of fused-ring (bicyclic) bond motifs is 1. The number of hydrogen-bond donors (Lipinski definition) is 2. The first-order valence-electron chi connectivity index (χ1n) is 10.8. The van der Waals surface area contributed by atoms with Gasteiger partial charge < -0.3 is 10.6 Å². The molecule has 2 aliphatic rings. The summed E-state index contributed by atoms with van der Waals surface area (Å²) in [4.78, 5) is 29.2. The maximum atomic E-state index is 13.1. The quantitative estimate of drug-likeness (QED) is 0.774. The van der Waals surface area contributed by atoms with Crippen LogP contribution in [0.15, 0.2) is 48.5 Å². The number of rotatable bonds is 6. The molecule has 6 heteroatoms. The number of piperidine rings is 1. The summed E-state index contributed by atoms with van der Waals surface area (Å²) in [6.07, 6.45) is 3.88. The molecule has 158 valence electrons. The van der Waals surface area contributed by atoms with Gasteiger partial charge in [0.2, 0.25) is 11.8 Å². The SMILES string of the molecule is C[C@H](NCc1ccccc1CN1CCCCC1)C(=O)N1CC(=O)Nc2ccccc21. The molecule has 2 N–H and O–H groups in total. The molecule has 0 aliphatic carbocycles. The molecule has 2 aliphatic heterocycles. The molecular formula is C24H30N4O2. The Morgan fingerprint density at radius 2 is 1.73 bits per heavy atom. The Hall–Kier alpha value is -2.70. The summed E-state index contributed by atoms with van der Waals surface area (Å²) in [5.41, 5.74) is 3.97. The van der Waals surface area contributed by atoms with Gasteiger partial charge in [-0.05, 0) is 56.1 Å². The second-order valence-electron chi connectivity index (χ2n) is 8.20. The second kappa shape index (κ2) is 9.41. The van der Waals surface area contributed by atoms with Crippen molar-refractivity contribution in [2.45, 2.75) is 45.3 Å². The van der Waals surface area contributed by atoms with Crippen LogP contribution in [-0.2, 0) is 22.7 Å². The Bertz CT molecular complexity index is 908. The van der Waals surface area contributed by atoms with Crippen molar-refractivity contribution in [3.05, 3.63) is 59.7 Å². The lowest BCUT2D eigenvalue weighted by Gasteiger charge is -2.31. The average Bonchev–Trinajstić information content (AvgIpc) is 2.78. The summed E-state index contributed by atoms with van der Waals surface area (Å²) in [5, 5.41) is 6.21. The van der Waals surface area contributed by atoms with Crippen LogP contribution in [0.5, 0.6) is 0 Å². The third-order valence-electron chi connectivity index (χ3n) is 5.97. The zero-order chi connectivity index (χ0) is 20.9. The zero-order valence-electron chi connectivity index (χ0n) is 17.6. The van der Waals surface area contributed by atoms with Gasteiger partial charge in [-0.25, -0.2) is 0 Å². The van der Waals surface area contributed by atoms with Gasteiger partial charge in [-0.1, -0.05) is 42.8 Å². The summed E-state index contributed by atoms with van der Waals surface area (Å²) in [7, 11) is 0. The fourth-order valence-electron chi connectivity index (χ4n) is 4.26. The van der Waals surface area contributed by atoms with Crippen LogP contribution in [0, 0.1) is 0 Å². The van der Waals surface area contributed by atoms with Crippen LogP contribution in [0.4, 0.5) is 11.4 Å². The average molecular weight is 407 g/mol. The first-order chi connectivity index (χ1) is 14.6. The summed E-state index contributed by atoms with van der Waals surface area (Å²) in [6.45, 7) is 5.82. The van der Waals surface area contributed by atoms with Gasteiger partial charge in [-0.3, -0.25) is 19.4 Å². The maximum absolute atomic E-state index is 13.1. The summed E-state index contributed by atoms with van der Waals surface area (Å²) >= 11 is 0. The summed E-state index contributed by atoms with van der Waals surface area (Å²) < 4.78 is 0. The highest BCUT2D eigenvalue weighted by atomic mass is 16.2. The maximum Gasteiger partial charge on any atom is 0.244 e. The lowest BCUT2D eigenvalue weighted by atomic mass is 10.0. The van der Waals surface area contributed by atoms with E-state index in [0.717, 1.165) is 25.3 Å². The molecule has 0 aromatic heterocycles. The van der Waals surface area contributed by atoms with Gasteiger partial charge in [-0.2, -0.15) is 0 Å². The molecule has 30 heavy (non-hydrogen) atoms. The Kier molecular flexibility index (Phi) is 6.45. The minimum atomic E-state index is -0.396. The molecule has 2 heterocycles. The van der Waals surface area contributed by atoms with E-state index in [1.54, 1.807) is 4.90 Å². The topological polar surface area (TPSA) is 64.7 Å². The van der Waals surface area contributed by atoms with E-state index in [-0.39, 0.29) is 18.4 Å². The molecule has 0 bridgehead atoms. The van der Waals surface area contributed by atoms with E-state index < -0.39 is 6.04 Å². The van der Waals surface area contributed by atoms with Gasteiger partial charge >= 0.3 is 0 Å². The number of para-hydroxylation sites is 2. The lowest BCUT2D eigenvalue weighted by Crippen LogP contribution is -2.49. The Labute approximate surface area is 178 Å². The normalized spacial score (nSPS) is 17.9. The van der Waals surface area contributed by atoms with E-state index >= 15 is 0 Å². The smallest absolute Gasteiger partial charge is 0.244 e. The second-order valence-corrected chi connectivity index (χ2v) is 8.20. The van der Waals surface area contributed by atoms with Crippen LogP contribution < -0.4 is 15.5 Å². The minimum absolute atomic E-state index is 0.0490. The number of anilines is 2. The van der Waals surface area contributed by atoms with E-state index in [4.69, 9.17) is 0 Å². The highest BCUT2D eigenvalue weighted by molar-refractivity contribution is 6.11. The summed E-state index contributed by atoms with van der Waals surface area (Å²) in [6, 6.07) is 15.5. The number of hydrogen-bond acceptors (Lipinski definition) is 4. The third-order valence-corrected chi connectivity index (χ3v) is 5.97. The highest BCUT2D eigenvalue weighted by Gasteiger charge is 2.29. The molecule has 1 fully saturated rings. The molecule has 0 radical (unpaired) electrons. The van der Waals surface area contributed by atoms with Gasteiger partial charge in [0, 0.05) is 13.1 Å². The van der Waals surface area contributed by atoms with Crippen molar-refractivity contribution >= 4 is 23.2 Å². The molecular weight excluding hydrogens is 376 g/mol. The van der Waals surface area contributed by atoms with Crippen molar-refractivity contribution in [3.63, 3.8) is 0 Å². The molecule has 1 atom stereocenters. The van der Waals surface area contributed by atoms with Gasteiger partial charge in [0.1, 0.15) is 6.54 Å². The van der Waals surface area contributed by atoms with Crippen LogP contribution in [0.25, 0.3) is 0 Å². The fourth-order valence-corrected chi connectivity index (χ4v) is 4.26. The van der Waals surface area contributed by atoms with Crippen molar-refractivity contribution in [3.8, 4) is 0 Å². The molecule has 1 saturated heterocycles. The molecule has 6 nitrogen and oxygen atoms in total. The van der Waals surface area contributed by atoms with Gasteiger partial charge in [-0.15, -0.1) is 0 Å². The van der Waals surface area contributed by atoms with Crippen LogP contribution in [0.2, 0.25) is 0 Å². The first kappa shape index (κ1) is 20.6. The van der Waals surface area contributed by atoms with Crippen molar-refractivity contribution in [2.75, 3.05) is 29.9 Å². The standard InChI is InChI=1S/C24H30N4O2/c1-18(24(30)28-17-23(29)26-21-11-5-6-12-22(21)28)25-15-19-9-3-4-10-20(19)16-27-13-7-2-8-14-27/h3-6,9-12,18,25H,2,7-8,13-17H2,1H3,(H,26,29)/t18-/m0/s1. The van der Waals surface area contributed by atoms with Crippen molar-refractivity contribution in [1.82, 2.24) is 10.2 Å². The van der Waals surface area contributed by atoms with E-state index in [0.29, 0.717) is 12.2 Å². The van der Waals surface area contributed by atoms with E-state index in [1.807, 2.05) is 31.2 Å². The van der Waals surface area contributed by atoms with Crippen molar-refractivity contribution < 1.29 is 9.59 Å². The number of benzene rings is 2. The van der Waals surface area contributed by atoms with E-state index in [1.165, 1.54) is 30.4 Å². The minimum Gasteiger partial charge on any atom is -0.323 e. The van der Waals surface area contributed by atoms with Crippen LogP contribution in [0.3, 0.4) is 0 Å². The molecule has 0 saturated carbocycles. The molecule has 2 amide bonds. The van der Waals surface area contributed by atoms with Crippen molar-refractivity contribution in [2.24, 2.45) is 0 Å². The van der Waals surface area contributed by atoms with Crippen molar-refractivity contribution in [1.29, 1.82) is 0 Å². The molecule has 2 aromatic rings.